The molecule has 0 amide bonds. The maximum absolute atomic E-state index is 5.52. The molecule has 1 heterocycles. The van der Waals surface area contributed by atoms with Crippen LogP contribution < -0.4 is 5.73 Å². The molecule has 0 aliphatic heterocycles. The lowest BCUT2D eigenvalue weighted by atomic mass is 9.82. The van der Waals surface area contributed by atoms with Gasteiger partial charge in [0.05, 0.1) is 23.9 Å². The number of rotatable bonds is 2. The van der Waals surface area contributed by atoms with Gasteiger partial charge in [-0.15, -0.1) is 0 Å². The zero-order valence-corrected chi connectivity index (χ0v) is 10.6. The minimum absolute atomic E-state index is 0.395. The van der Waals surface area contributed by atoms with Gasteiger partial charge in [-0.25, -0.2) is 9.98 Å². The highest BCUT2D eigenvalue weighted by molar-refractivity contribution is 5.53. The number of nitrogens with two attached hydrogens (primary N) is 1. The van der Waals surface area contributed by atoms with Crippen molar-refractivity contribution < 1.29 is 0 Å². The summed E-state index contributed by atoms with van der Waals surface area (Å²) in [6.07, 6.45) is 6.85. The second-order valence-electron chi connectivity index (χ2n) is 5.80. The summed E-state index contributed by atoms with van der Waals surface area (Å²) in [4.78, 5) is 12.7. The lowest BCUT2D eigenvalue weighted by molar-refractivity contribution is 0.284. The van der Waals surface area contributed by atoms with E-state index in [1.54, 1.807) is 12.3 Å². The fourth-order valence-corrected chi connectivity index (χ4v) is 3.33. The van der Waals surface area contributed by atoms with Gasteiger partial charge >= 0.3 is 0 Å². The fourth-order valence-electron chi connectivity index (χ4n) is 3.33. The Hall–Kier alpha value is -1.67. The van der Waals surface area contributed by atoms with Gasteiger partial charge in [-0.05, 0) is 49.1 Å². The van der Waals surface area contributed by atoms with E-state index in [0.29, 0.717) is 17.3 Å². The van der Waals surface area contributed by atoms with E-state index in [2.05, 4.69) is 27.9 Å². The molecule has 94 valence electrons. The van der Waals surface area contributed by atoms with Crippen molar-refractivity contribution in [2.24, 2.45) is 21.3 Å². The highest BCUT2D eigenvalue weighted by atomic mass is 14.9. The predicted octanol–water partition coefficient (Wildman–Crippen LogP) is 3.05. The maximum Gasteiger partial charge on any atom is 0.123 e. The SMILES string of the molecule is C[C@]12CC[C@H](C[C@@H]1N=C=Nc1ccc(N)nc1)C2. The molecule has 4 heteroatoms. The second kappa shape index (κ2) is 4.21. The highest BCUT2D eigenvalue weighted by Gasteiger charge is 2.48. The average molecular weight is 242 g/mol. The Morgan fingerprint density at radius 1 is 1.50 bits per heavy atom. The van der Waals surface area contributed by atoms with Gasteiger partial charge in [0.15, 0.2) is 0 Å². The smallest absolute Gasteiger partial charge is 0.123 e. The molecule has 4 nitrogen and oxygen atoms in total. The van der Waals surface area contributed by atoms with Crippen LogP contribution in [-0.2, 0) is 0 Å². The Balaban J connectivity index is 1.73. The summed E-state index contributed by atoms with van der Waals surface area (Å²) >= 11 is 0. The van der Waals surface area contributed by atoms with E-state index >= 15 is 0 Å². The van der Waals surface area contributed by atoms with Crippen molar-refractivity contribution in [1.29, 1.82) is 0 Å². The summed E-state index contributed by atoms with van der Waals surface area (Å²) in [5, 5.41) is 0. The summed E-state index contributed by atoms with van der Waals surface area (Å²) < 4.78 is 0. The lowest BCUT2D eigenvalue weighted by Crippen LogP contribution is -2.24. The third-order valence-corrected chi connectivity index (χ3v) is 4.40. The topological polar surface area (TPSA) is 63.6 Å². The number of anilines is 1. The molecule has 0 spiro atoms. The average Bonchev–Trinajstić information content (AvgIpc) is 2.87. The fraction of sp³-hybridized carbons (Fsp3) is 0.571. The van der Waals surface area contributed by atoms with Crippen LogP contribution in [0.3, 0.4) is 0 Å². The van der Waals surface area contributed by atoms with E-state index in [1.165, 1.54) is 25.7 Å². The van der Waals surface area contributed by atoms with Gasteiger partial charge in [-0.1, -0.05) is 6.92 Å². The summed E-state index contributed by atoms with van der Waals surface area (Å²) in [6.45, 7) is 2.35. The second-order valence-corrected chi connectivity index (χ2v) is 5.80. The van der Waals surface area contributed by atoms with Gasteiger partial charge in [0.1, 0.15) is 5.82 Å². The van der Waals surface area contributed by atoms with E-state index in [-0.39, 0.29) is 0 Å². The molecule has 2 bridgehead atoms. The standard InChI is InChI=1S/C14H18N4/c1-14-5-4-10(7-14)6-12(14)18-9-17-11-2-3-13(15)16-8-11/h2-3,8,10,12H,4-7H2,1H3,(H2,15,16)/t10-,12+,14-/m1/s1. The third kappa shape index (κ3) is 2.04. The summed E-state index contributed by atoms with van der Waals surface area (Å²) in [7, 11) is 0. The molecule has 2 aliphatic rings. The molecule has 18 heavy (non-hydrogen) atoms. The van der Waals surface area contributed by atoms with Crippen molar-refractivity contribution in [3.8, 4) is 0 Å². The van der Waals surface area contributed by atoms with Crippen LogP contribution in [-0.4, -0.2) is 17.0 Å². The van der Waals surface area contributed by atoms with Crippen LogP contribution in [0.1, 0.15) is 32.6 Å². The number of pyridine rings is 1. The Kier molecular flexibility index (Phi) is 2.67. The van der Waals surface area contributed by atoms with Gasteiger partial charge in [-0.2, -0.15) is 4.99 Å². The molecule has 2 aliphatic carbocycles. The molecule has 0 saturated heterocycles. The summed E-state index contributed by atoms with van der Waals surface area (Å²) in [5.74, 6) is 1.38. The van der Waals surface area contributed by atoms with Gasteiger partial charge in [0.25, 0.3) is 0 Å². The van der Waals surface area contributed by atoms with Gasteiger partial charge in [-0.3, -0.25) is 0 Å². The maximum atomic E-state index is 5.52. The summed E-state index contributed by atoms with van der Waals surface area (Å²) in [6, 6.07) is 6.81. The zero-order chi connectivity index (χ0) is 12.6. The van der Waals surface area contributed by atoms with Crippen molar-refractivity contribution in [3.05, 3.63) is 18.3 Å². The number of nitrogen functional groups attached to an aromatic ring is 1. The molecule has 3 rings (SSSR count). The van der Waals surface area contributed by atoms with Gasteiger partial charge in [0.2, 0.25) is 0 Å². The van der Waals surface area contributed by atoms with Crippen molar-refractivity contribution in [2.45, 2.75) is 38.6 Å². The van der Waals surface area contributed by atoms with Crippen LogP contribution in [0.2, 0.25) is 0 Å². The van der Waals surface area contributed by atoms with Crippen LogP contribution in [0.15, 0.2) is 28.3 Å². The van der Waals surface area contributed by atoms with Crippen LogP contribution in [0.25, 0.3) is 0 Å². The number of fused-ring (bicyclic) bond motifs is 2. The van der Waals surface area contributed by atoms with Crippen molar-refractivity contribution in [2.75, 3.05) is 5.73 Å². The zero-order valence-electron chi connectivity index (χ0n) is 10.6. The Morgan fingerprint density at radius 3 is 3.00 bits per heavy atom. The molecule has 2 saturated carbocycles. The van der Waals surface area contributed by atoms with E-state index in [9.17, 15) is 0 Å². The van der Waals surface area contributed by atoms with Crippen LogP contribution >= 0.6 is 0 Å². The number of aromatic nitrogens is 1. The third-order valence-electron chi connectivity index (χ3n) is 4.40. The number of nitrogens with zero attached hydrogens (tertiary/aromatic N) is 3. The molecule has 0 radical (unpaired) electrons. The number of hydrogen-bond acceptors (Lipinski definition) is 4. The van der Waals surface area contributed by atoms with E-state index in [1.807, 2.05) is 6.07 Å². The molecule has 2 fully saturated rings. The number of aliphatic imine (C=N–C) groups is 2. The normalized spacial score (nSPS) is 33.2. The molecule has 0 unspecified atom stereocenters. The monoisotopic (exact) mass is 242 g/mol. The summed E-state index contributed by atoms with van der Waals surface area (Å²) in [5.41, 5.74) is 6.66. The van der Waals surface area contributed by atoms with Crippen LogP contribution in [0, 0.1) is 11.3 Å². The number of hydrogen-bond donors (Lipinski definition) is 1. The van der Waals surface area contributed by atoms with E-state index < -0.39 is 0 Å². The van der Waals surface area contributed by atoms with Crippen molar-refractivity contribution in [3.63, 3.8) is 0 Å². The Morgan fingerprint density at radius 2 is 2.39 bits per heavy atom. The highest BCUT2D eigenvalue weighted by Crippen LogP contribution is 2.54. The Labute approximate surface area is 107 Å². The first-order valence-electron chi connectivity index (χ1n) is 6.53. The first-order chi connectivity index (χ1) is 8.66. The molecule has 2 N–H and O–H groups in total. The van der Waals surface area contributed by atoms with Crippen molar-refractivity contribution >= 4 is 17.5 Å². The van der Waals surface area contributed by atoms with Crippen LogP contribution in [0.4, 0.5) is 11.5 Å². The molecule has 3 atom stereocenters. The van der Waals surface area contributed by atoms with Crippen LogP contribution in [0.5, 0.6) is 0 Å². The largest absolute Gasteiger partial charge is 0.384 e. The molecular formula is C14H18N4. The first kappa shape index (κ1) is 11.4. The predicted molar refractivity (Wildman–Crippen MR) is 72.0 cm³/mol. The van der Waals surface area contributed by atoms with Gasteiger partial charge < -0.3 is 5.73 Å². The minimum atomic E-state index is 0.395. The quantitative estimate of drug-likeness (QED) is 0.810. The van der Waals surface area contributed by atoms with Gasteiger partial charge in [0, 0.05) is 0 Å². The Bertz CT molecular complexity index is 501. The van der Waals surface area contributed by atoms with E-state index in [0.717, 1.165) is 11.6 Å². The molecule has 1 aromatic heterocycles. The van der Waals surface area contributed by atoms with Crippen molar-refractivity contribution in [1.82, 2.24) is 4.98 Å². The first-order valence-corrected chi connectivity index (χ1v) is 6.53. The minimum Gasteiger partial charge on any atom is -0.384 e. The molecule has 1 aromatic rings. The molecular weight excluding hydrogens is 224 g/mol. The lowest BCUT2D eigenvalue weighted by Gasteiger charge is -2.26. The van der Waals surface area contributed by atoms with E-state index in [4.69, 9.17) is 5.73 Å². The molecule has 0 aromatic carbocycles.